The van der Waals surface area contributed by atoms with Gasteiger partial charge in [0.05, 0.1) is 5.69 Å². The highest BCUT2D eigenvalue weighted by molar-refractivity contribution is 5.94. The van der Waals surface area contributed by atoms with Gasteiger partial charge < -0.3 is 14.5 Å². The second kappa shape index (κ2) is 8.52. The average Bonchev–Trinajstić information content (AvgIpc) is 3.18. The molecule has 5 nitrogen and oxygen atoms in total. The lowest BCUT2D eigenvalue weighted by Gasteiger charge is -2.24. The number of para-hydroxylation sites is 3. The Balaban J connectivity index is 1.75. The van der Waals surface area contributed by atoms with Crippen LogP contribution < -0.4 is 9.64 Å². The van der Waals surface area contributed by atoms with E-state index in [-0.39, 0.29) is 11.8 Å². The van der Waals surface area contributed by atoms with Crippen molar-refractivity contribution < 1.29 is 14.3 Å². The van der Waals surface area contributed by atoms with Gasteiger partial charge in [-0.2, -0.15) is 0 Å². The van der Waals surface area contributed by atoms with Gasteiger partial charge >= 0.3 is 0 Å². The second-order valence-corrected chi connectivity index (χ2v) is 6.39. The molecule has 0 aromatic heterocycles. The molecule has 2 amide bonds. The SMILES string of the molecule is CC(=O)N(CCC(=O)N1CCCC1)c1ccccc1Oc1ccccc1. The number of carbonyl (C=O) groups is 2. The van der Waals surface area contributed by atoms with Crippen LogP contribution in [0.15, 0.2) is 54.6 Å². The molecule has 1 aliphatic rings. The molecule has 0 radical (unpaired) electrons. The highest BCUT2D eigenvalue weighted by atomic mass is 16.5. The van der Waals surface area contributed by atoms with Gasteiger partial charge in [-0.15, -0.1) is 0 Å². The van der Waals surface area contributed by atoms with Crippen molar-refractivity contribution >= 4 is 17.5 Å². The quantitative estimate of drug-likeness (QED) is 0.793. The van der Waals surface area contributed by atoms with Crippen molar-refractivity contribution in [1.82, 2.24) is 4.90 Å². The van der Waals surface area contributed by atoms with Gasteiger partial charge in [-0.3, -0.25) is 9.59 Å². The van der Waals surface area contributed by atoms with Crippen molar-refractivity contribution in [3.8, 4) is 11.5 Å². The average molecular weight is 352 g/mol. The maximum absolute atomic E-state index is 12.3. The Bertz CT molecular complexity index is 755. The van der Waals surface area contributed by atoms with Gasteiger partial charge in [0.15, 0.2) is 5.75 Å². The largest absolute Gasteiger partial charge is 0.455 e. The minimum absolute atomic E-state index is 0.107. The Hall–Kier alpha value is -2.82. The maximum Gasteiger partial charge on any atom is 0.224 e. The van der Waals surface area contributed by atoms with Crippen molar-refractivity contribution in [2.75, 3.05) is 24.5 Å². The fourth-order valence-corrected chi connectivity index (χ4v) is 3.16. The van der Waals surface area contributed by atoms with E-state index >= 15 is 0 Å². The Kier molecular flexibility index (Phi) is 5.89. The van der Waals surface area contributed by atoms with E-state index < -0.39 is 0 Å². The van der Waals surface area contributed by atoms with E-state index in [9.17, 15) is 9.59 Å². The Morgan fingerprint density at radius 2 is 1.65 bits per heavy atom. The standard InChI is InChI=1S/C21H24N2O3/c1-17(24)23(16-13-21(25)22-14-7-8-15-22)19-11-5-6-12-20(19)26-18-9-3-2-4-10-18/h2-6,9-12H,7-8,13-16H2,1H3. The zero-order valence-corrected chi connectivity index (χ0v) is 15.1. The van der Waals surface area contributed by atoms with Crippen LogP contribution >= 0.6 is 0 Å². The summed E-state index contributed by atoms with van der Waals surface area (Å²) in [5.41, 5.74) is 0.679. The van der Waals surface area contributed by atoms with E-state index in [0.717, 1.165) is 25.9 Å². The van der Waals surface area contributed by atoms with Gasteiger partial charge in [0, 0.05) is 33.0 Å². The van der Waals surface area contributed by atoms with Gasteiger partial charge in [0.2, 0.25) is 11.8 Å². The van der Waals surface area contributed by atoms with Crippen molar-refractivity contribution in [3.63, 3.8) is 0 Å². The summed E-state index contributed by atoms with van der Waals surface area (Å²) < 4.78 is 5.96. The van der Waals surface area contributed by atoms with Gasteiger partial charge in [-0.25, -0.2) is 0 Å². The third kappa shape index (κ3) is 4.42. The lowest BCUT2D eigenvalue weighted by atomic mass is 10.2. The summed E-state index contributed by atoms with van der Waals surface area (Å²) in [7, 11) is 0. The minimum atomic E-state index is -0.108. The van der Waals surface area contributed by atoms with Gasteiger partial charge in [-0.1, -0.05) is 30.3 Å². The summed E-state index contributed by atoms with van der Waals surface area (Å²) >= 11 is 0. The van der Waals surface area contributed by atoms with E-state index in [1.165, 1.54) is 6.92 Å². The van der Waals surface area contributed by atoms with E-state index in [1.807, 2.05) is 59.5 Å². The van der Waals surface area contributed by atoms with E-state index in [4.69, 9.17) is 4.74 Å². The smallest absolute Gasteiger partial charge is 0.224 e. The molecule has 1 fully saturated rings. The third-order valence-corrected chi connectivity index (χ3v) is 4.52. The van der Waals surface area contributed by atoms with E-state index in [1.54, 1.807) is 4.90 Å². The molecule has 2 aromatic rings. The predicted octanol–water partition coefficient (Wildman–Crippen LogP) is 3.84. The van der Waals surface area contributed by atoms with Crippen LogP contribution in [0.5, 0.6) is 11.5 Å². The second-order valence-electron chi connectivity index (χ2n) is 6.39. The molecule has 3 rings (SSSR count). The van der Waals surface area contributed by atoms with Crippen molar-refractivity contribution in [2.45, 2.75) is 26.2 Å². The molecule has 5 heteroatoms. The predicted molar refractivity (Wildman–Crippen MR) is 101 cm³/mol. The fourth-order valence-electron chi connectivity index (χ4n) is 3.16. The summed E-state index contributed by atoms with van der Waals surface area (Å²) in [4.78, 5) is 28.1. The highest BCUT2D eigenvalue weighted by Gasteiger charge is 2.21. The molecule has 1 saturated heterocycles. The van der Waals surface area contributed by atoms with E-state index in [2.05, 4.69) is 0 Å². The summed E-state index contributed by atoms with van der Waals surface area (Å²) in [6.07, 6.45) is 2.45. The van der Waals surface area contributed by atoms with Crippen molar-refractivity contribution in [2.24, 2.45) is 0 Å². The molecule has 1 aliphatic heterocycles. The number of benzene rings is 2. The number of nitrogens with zero attached hydrogens (tertiary/aromatic N) is 2. The lowest BCUT2D eigenvalue weighted by molar-refractivity contribution is -0.129. The fraction of sp³-hybridized carbons (Fsp3) is 0.333. The first-order valence-electron chi connectivity index (χ1n) is 9.03. The zero-order valence-electron chi connectivity index (χ0n) is 15.1. The lowest BCUT2D eigenvalue weighted by Crippen LogP contribution is -2.35. The number of ether oxygens (including phenoxy) is 1. The molecule has 0 spiro atoms. The van der Waals surface area contributed by atoms with Crippen LogP contribution in [0, 0.1) is 0 Å². The van der Waals surface area contributed by atoms with Crippen LogP contribution in [0.2, 0.25) is 0 Å². The number of anilines is 1. The molecular formula is C21H24N2O3. The first-order chi connectivity index (χ1) is 12.6. The number of hydrogen-bond acceptors (Lipinski definition) is 3. The number of rotatable bonds is 6. The van der Waals surface area contributed by atoms with Crippen LogP contribution in [0.25, 0.3) is 0 Å². The summed E-state index contributed by atoms with van der Waals surface area (Å²) in [6, 6.07) is 16.9. The zero-order chi connectivity index (χ0) is 18.4. The molecule has 0 atom stereocenters. The third-order valence-electron chi connectivity index (χ3n) is 4.52. The molecule has 0 bridgehead atoms. The van der Waals surface area contributed by atoms with E-state index in [0.29, 0.717) is 30.2 Å². The Morgan fingerprint density at radius 1 is 1.00 bits per heavy atom. The van der Waals surface area contributed by atoms with Crippen LogP contribution in [0.1, 0.15) is 26.2 Å². The molecule has 0 N–H and O–H groups in total. The molecule has 0 saturated carbocycles. The number of likely N-dealkylation sites (tertiary alicyclic amines) is 1. The molecule has 1 heterocycles. The number of carbonyl (C=O) groups excluding carboxylic acids is 2. The minimum Gasteiger partial charge on any atom is -0.455 e. The van der Waals surface area contributed by atoms with Gasteiger partial charge in [-0.05, 0) is 37.1 Å². The molecule has 0 unspecified atom stereocenters. The van der Waals surface area contributed by atoms with Crippen LogP contribution in [-0.4, -0.2) is 36.3 Å². The van der Waals surface area contributed by atoms with Crippen molar-refractivity contribution in [1.29, 1.82) is 0 Å². The molecule has 26 heavy (non-hydrogen) atoms. The van der Waals surface area contributed by atoms with Crippen LogP contribution in [0.3, 0.4) is 0 Å². The maximum atomic E-state index is 12.3. The molecule has 2 aromatic carbocycles. The normalized spacial score (nSPS) is 13.5. The van der Waals surface area contributed by atoms with Crippen LogP contribution in [-0.2, 0) is 9.59 Å². The number of amides is 2. The molecule has 0 aliphatic carbocycles. The first kappa shape index (κ1) is 18.0. The Morgan fingerprint density at radius 3 is 2.35 bits per heavy atom. The van der Waals surface area contributed by atoms with Gasteiger partial charge in [0.1, 0.15) is 5.75 Å². The van der Waals surface area contributed by atoms with Crippen molar-refractivity contribution in [3.05, 3.63) is 54.6 Å². The van der Waals surface area contributed by atoms with Gasteiger partial charge in [0.25, 0.3) is 0 Å². The molecule has 136 valence electrons. The topological polar surface area (TPSA) is 49.9 Å². The highest BCUT2D eigenvalue weighted by Crippen LogP contribution is 2.32. The monoisotopic (exact) mass is 352 g/mol. The summed E-state index contributed by atoms with van der Waals surface area (Å²) in [5, 5.41) is 0. The summed E-state index contributed by atoms with van der Waals surface area (Å²) in [6.45, 7) is 3.51. The summed E-state index contributed by atoms with van der Waals surface area (Å²) in [5.74, 6) is 1.30. The first-order valence-corrected chi connectivity index (χ1v) is 9.03. The number of hydrogen-bond donors (Lipinski definition) is 0. The molecular weight excluding hydrogens is 328 g/mol. The Labute approximate surface area is 154 Å². The van der Waals surface area contributed by atoms with Crippen LogP contribution in [0.4, 0.5) is 5.69 Å².